The summed E-state index contributed by atoms with van der Waals surface area (Å²) < 4.78 is 64.3. The maximum atomic E-state index is 13.0. The van der Waals surface area contributed by atoms with Crippen molar-refractivity contribution in [2.24, 2.45) is 0 Å². The van der Waals surface area contributed by atoms with Crippen LogP contribution in [0.15, 0.2) is 30.5 Å². The van der Waals surface area contributed by atoms with Crippen molar-refractivity contribution >= 4 is 11.9 Å². The molecular formula is C14H11F5N4O3. The summed E-state index contributed by atoms with van der Waals surface area (Å²) in [5.74, 6) is -2.85. The third kappa shape index (κ3) is 4.52. The Hall–Kier alpha value is -3.05. The van der Waals surface area contributed by atoms with Crippen LogP contribution in [0.4, 0.5) is 22.0 Å². The lowest BCUT2D eigenvalue weighted by atomic mass is 10.1. The topological polar surface area (TPSA) is 97.1 Å². The summed E-state index contributed by atoms with van der Waals surface area (Å²) in [5, 5.41) is 17.4. The number of nitrogens with zero attached hydrogens (tertiary/aromatic N) is 3. The smallest absolute Gasteiger partial charge is 0.418 e. The number of halogens is 5. The first-order chi connectivity index (χ1) is 12.1. The fourth-order valence-electron chi connectivity index (χ4n) is 2.03. The van der Waals surface area contributed by atoms with Crippen LogP contribution in [-0.2, 0) is 11.0 Å². The molecule has 0 bridgehead atoms. The summed E-state index contributed by atoms with van der Waals surface area (Å²) in [5.41, 5.74) is -1.96. The molecule has 1 amide bonds. The van der Waals surface area contributed by atoms with Gasteiger partial charge in [0.15, 0.2) is 5.69 Å². The van der Waals surface area contributed by atoms with Crippen molar-refractivity contribution in [3.05, 3.63) is 41.7 Å². The van der Waals surface area contributed by atoms with Gasteiger partial charge >= 0.3 is 12.1 Å². The van der Waals surface area contributed by atoms with E-state index in [0.717, 1.165) is 18.3 Å². The summed E-state index contributed by atoms with van der Waals surface area (Å²) in [7, 11) is 0. The van der Waals surface area contributed by atoms with E-state index in [1.165, 1.54) is 12.1 Å². The number of aromatic nitrogens is 3. The second kappa shape index (κ2) is 7.45. The van der Waals surface area contributed by atoms with E-state index < -0.39 is 53.9 Å². The molecule has 0 aliphatic carbocycles. The number of benzene rings is 1. The maximum absolute atomic E-state index is 13.0. The molecule has 1 heterocycles. The molecule has 0 saturated carbocycles. The summed E-state index contributed by atoms with van der Waals surface area (Å²) in [4.78, 5) is 22.8. The van der Waals surface area contributed by atoms with Gasteiger partial charge in [0.05, 0.1) is 17.4 Å². The van der Waals surface area contributed by atoms with E-state index in [0.29, 0.717) is 4.68 Å². The van der Waals surface area contributed by atoms with Gasteiger partial charge in [-0.2, -0.15) is 13.2 Å². The van der Waals surface area contributed by atoms with Crippen LogP contribution in [0.5, 0.6) is 0 Å². The van der Waals surface area contributed by atoms with Gasteiger partial charge in [-0.25, -0.2) is 18.3 Å². The maximum Gasteiger partial charge on any atom is 0.418 e. The number of carbonyl (C=O) groups is 2. The molecule has 7 nitrogen and oxygen atoms in total. The zero-order valence-corrected chi connectivity index (χ0v) is 12.7. The minimum Gasteiger partial charge on any atom is -0.480 e. The van der Waals surface area contributed by atoms with E-state index in [1.54, 1.807) is 0 Å². The van der Waals surface area contributed by atoms with Crippen LogP contribution >= 0.6 is 0 Å². The Labute approximate surface area is 142 Å². The molecule has 0 fully saturated rings. The average molecular weight is 378 g/mol. The second-order valence-corrected chi connectivity index (χ2v) is 5.05. The molecule has 2 rings (SSSR count). The van der Waals surface area contributed by atoms with E-state index in [-0.39, 0.29) is 0 Å². The monoisotopic (exact) mass is 378 g/mol. The van der Waals surface area contributed by atoms with Crippen LogP contribution in [0.3, 0.4) is 0 Å². The van der Waals surface area contributed by atoms with Crippen LogP contribution in [0.25, 0.3) is 5.69 Å². The van der Waals surface area contributed by atoms with Gasteiger partial charge < -0.3 is 10.4 Å². The van der Waals surface area contributed by atoms with Gasteiger partial charge in [-0.05, 0) is 12.1 Å². The largest absolute Gasteiger partial charge is 0.480 e. The number of aliphatic carboxylic acids is 1. The normalized spacial score (nSPS) is 12.8. The van der Waals surface area contributed by atoms with E-state index >= 15 is 0 Å². The summed E-state index contributed by atoms with van der Waals surface area (Å²) >= 11 is 0. The Bertz CT molecular complexity index is 806. The molecule has 2 aromatic rings. The fourth-order valence-corrected chi connectivity index (χ4v) is 2.03. The molecular weight excluding hydrogens is 367 g/mol. The number of carboxylic acids is 1. The second-order valence-electron chi connectivity index (χ2n) is 5.05. The number of alkyl halides is 5. The van der Waals surface area contributed by atoms with Gasteiger partial charge in [0.1, 0.15) is 6.04 Å². The molecule has 1 aromatic carbocycles. The van der Waals surface area contributed by atoms with Crippen molar-refractivity contribution < 1.29 is 36.6 Å². The number of amides is 1. The number of hydrogen-bond donors (Lipinski definition) is 2. The van der Waals surface area contributed by atoms with Gasteiger partial charge in [-0.1, -0.05) is 17.3 Å². The van der Waals surface area contributed by atoms with Gasteiger partial charge in [0.25, 0.3) is 5.91 Å². The predicted molar refractivity (Wildman–Crippen MR) is 75.9 cm³/mol. The molecule has 26 heavy (non-hydrogen) atoms. The highest BCUT2D eigenvalue weighted by atomic mass is 19.4. The Kier molecular flexibility index (Phi) is 5.53. The SMILES string of the molecule is O=C(NC(CC(F)F)C(=O)O)c1cn(-c2ccccc2C(F)(F)F)nn1. The number of carbonyl (C=O) groups excluding carboxylic acids is 1. The molecule has 1 atom stereocenters. The highest BCUT2D eigenvalue weighted by Crippen LogP contribution is 2.33. The zero-order valence-electron chi connectivity index (χ0n) is 12.7. The van der Waals surface area contributed by atoms with Crippen molar-refractivity contribution in [3.8, 4) is 5.69 Å². The molecule has 1 unspecified atom stereocenters. The van der Waals surface area contributed by atoms with Crippen molar-refractivity contribution in [1.29, 1.82) is 0 Å². The van der Waals surface area contributed by atoms with Crippen molar-refractivity contribution in [3.63, 3.8) is 0 Å². The number of para-hydroxylation sites is 1. The molecule has 0 saturated heterocycles. The van der Waals surface area contributed by atoms with Gasteiger partial charge in [0.2, 0.25) is 6.43 Å². The Morgan fingerprint density at radius 1 is 1.23 bits per heavy atom. The van der Waals surface area contributed by atoms with E-state index in [1.807, 2.05) is 5.32 Å². The van der Waals surface area contributed by atoms with E-state index in [4.69, 9.17) is 5.11 Å². The minimum absolute atomic E-state index is 0.408. The lowest BCUT2D eigenvalue weighted by Crippen LogP contribution is -2.42. The third-order valence-electron chi connectivity index (χ3n) is 3.20. The summed E-state index contributed by atoms with van der Waals surface area (Å²) in [6.07, 6.45) is -7.96. The van der Waals surface area contributed by atoms with E-state index in [9.17, 15) is 31.5 Å². The Balaban J connectivity index is 2.25. The van der Waals surface area contributed by atoms with Gasteiger partial charge in [0, 0.05) is 6.42 Å². The van der Waals surface area contributed by atoms with Crippen LogP contribution in [0.1, 0.15) is 22.5 Å². The Morgan fingerprint density at radius 2 is 1.88 bits per heavy atom. The summed E-state index contributed by atoms with van der Waals surface area (Å²) in [6.45, 7) is 0. The quantitative estimate of drug-likeness (QED) is 0.751. The van der Waals surface area contributed by atoms with Gasteiger partial charge in [-0.15, -0.1) is 5.10 Å². The molecule has 140 valence electrons. The highest BCUT2D eigenvalue weighted by Gasteiger charge is 2.34. The lowest BCUT2D eigenvalue weighted by molar-refractivity contribution is -0.140. The average Bonchev–Trinajstić information content (AvgIpc) is 3.03. The predicted octanol–water partition coefficient (Wildman–Crippen LogP) is 2.12. The number of rotatable bonds is 6. The highest BCUT2D eigenvalue weighted by molar-refractivity contribution is 5.94. The van der Waals surface area contributed by atoms with E-state index in [2.05, 4.69) is 10.3 Å². The molecule has 0 radical (unpaired) electrons. The molecule has 2 N–H and O–H groups in total. The van der Waals surface area contributed by atoms with Crippen LogP contribution in [-0.4, -0.2) is 44.4 Å². The fraction of sp³-hybridized carbons (Fsp3) is 0.286. The lowest BCUT2D eigenvalue weighted by Gasteiger charge is -2.12. The summed E-state index contributed by atoms with van der Waals surface area (Å²) in [6, 6.07) is 2.50. The Morgan fingerprint density at radius 3 is 2.46 bits per heavy atom. The molecule has 1 aromatic heterocycles. The zero-order chi connectivity index (χ0) is 19.5. The van der Waals surface area contributed by atoms with Crippen LogP contribution in [0, 0.1) is 0 Å². The minimum atomic E-state index is -4.68. The van der Waals surface area contributed by atoms with Crippen molar-refractivity contribution in [2.45, 2.75) is 25.1 Å². The van der Waals surface area contributed by atoms with Gasteiger partial charge in [-0.3, -0.25) is 4.79 Å². The number of nitrogens with one attached hydrogen (secondary N) is 1. The first-order valence-corrected chi connectivity index (χ1v) is 7.00. The number of hydrogen-bond acceptors (Lipinski definition) is 4. The van der Waals surface area contributed by atoms with Crippen molar-refractivity contribution in [2.75, 3.05) is 0 Å². The number of carboxylic acid groups (broad SMARTS) is 1. The molecule has 0 aliphatic rings. The third-order valence-corrected chi connectivity index (χ3v) is 3.20. The molecule has 12 heteroatoms. The first-order valence-electron chi connectivity index (χ1n) is 7.00. The first kappa shape index (κ1) is 19.3. The molecule has 0 spiro atoms. The van der Waals surface area contributed by atoms with Crippen LogP contribution in [0.2, 0.25) is 0 Å². The standard InChI is InChI=1S/C14H11F5N4O3/c15-11(16)5-8(13(25)26)20-12(24)9-6-23(22-21-9)10-4-2-1-3-7(10)14(17,18)19/h1-4,6,8,11H,5H2,(H,20,24)(H,25,26). The van der Waals surface area contributed by atoms with Crippen molar-refractivity contribution in [1.82, 2.24) is 20.3 Å². The van der Waals surface area contributed by atoms with Crippen LogP contribution < -0.4 is 5.32 Å². The molecule has 0 aliphatic heterocycles.